The van der Waals surface area contributed by atoms with Crippen molar-refractivity contribution in [3.05, 3.63) is 0 Å². The number of carbonyl (C=O) groups excluding carboxylic acids is 1. The molecule has 4 rings (SSSR count). The Labute approximate surface area is 200 Å². The first-order valence-corrected chi connectivity index (χ1v) is 15.0. The van der Waals surface area contributed by atoms with Gasteiger partial charge in [-0.2, -0.15) is 8.42 Å². The Hall–Kier alpha value is -0.660. The largest absolute Gasteiger partial charge is 0.393 e. The fourth-order valence-electron chi connectivity index (χ4n) is 9.20. The van der Waals surface area contributed by atoms with E-state index in [0.717, 1.165) is 12.8 Å². The quantitative estimate of drug-likeness (QED) is 0.465. The minimum atomic E-state index is -4.05. The van der Waals surface area contributed by atoms with Gasteiger partial charge < -0.3 is 10.4 Å². The highest BCUT2D eigenvalue weighted by Gasteiger charge is 2.62. The first-order chi connectivity index (χ1) is 15.5. The number of rotatable bonds is 7. The minimum absolute atomic E-state index is 0.0457. The van der Waals surface area contributed by atoms with Gasteiger partial charge in [0.25, 0.3) is 10.1 Å². The molecule has 0 aromatic heterocycles. The van der Waals surface area contributed by atoms with Crippen LogP contribution in [0.4, 0.5) is 0 Å². The summed E-state index contributed by atoms with van der Waals surface area (Å²) < 4.78 is 30.5. The second kappa shape index (κ2) is 9.42. The third-order valence-electron chi connectivity index (χ3n) is 10.9. The molecule has 0 aromatic carbocycles. The summed E-state index contributed by atoms with van der Waals surface area (Å²) in [6.45, 7) is 7.23. The smallest absolute Gasteiger partial charge is 0.266 e. The van der Waals surface area contributed by atoms with Crippen LogP contribution < -0.4 is 5.32 Å². The Kier molecular flexibility index (Phi) is 7.26. The molecule has 33 heavy (non-hydrogen) atoms. The van der Waals surface area contributed by atoms with Gasteiger partial charge in [0, 0.05) is 13.0 Å². The number of carbonyl (C=O) groups is 1. The van der Waals surface area contributed by atoms with E-state index in [9.17, 15) is 18.3 Å². The van der Waals surface area contributed by atoms with Crippen molar-refractivity contribution in [3.8, 4) is 0 Å². The molecule has 1 amide bonds. The normalized spacial score (nSPS) is 43.8. The van der Waals surface area contributed by atoms with E-state index in [4.69, 9.17) is 4.55 Å². The third kappa shape index (κ3) is 4.88. The average molecular weight is 484 g/mol. The fourth-order valence-corrected chi connectivity index (χ4v) is 9.56. The van der Waals surface area contributed by atoms with Crippen LogP contribution in [0.1, 0.15) is 91.4 Å². The van der Waals surface area contributed by atoms with Crippen LogP contribution in [0.2, 0.25) is 0 Å². The Morgan fingerprint density at radius 2 is 1.79 bits per heavy atom. The summed E-state index contributed by atoms with van der Waals surface area (Å²) in [6.07, 6.45) is 12.2. The second-order valence-electron chi connectivity index (χ2n) is 12.4. The van der Waals surface area contributed by atoms with E-state index in [0.29, 0.717) is 47.3 Å². The van der Waals surface area contributed by atoms with Crippen molar-refractivity contribution in [3.63, 3.8) is 0 Å². The molecule has 190 valence electrons. The van der Waals surface area contributed by atoms with Crippen molar-refractivity contribution in [1.82, 2.24) is 5.32 Å². The topological polar surface area (TPSA) is 104 Å². The summed E-state index contributed by atoms with van der Waals surface area (Å²) in [4.78, 5) is 12.2. The van der Waals surface area contributed by atoms with Crippen LogP contribution >= 0.6 is 0 Å². The fraction of sp³-hybridized carbons (Fsp3) is 0.962. The van der Waals surface area contributed by atoms with Crippen molar-refractivity contribution < 1.29 is 22.9 Å². The molecule has 2 unspecified atom stereocenters. The van der Waals surface area contributed by atoms with Crippen molar-refractivity contribution in [1.29, 1.82) is 0 Å². The highest BCUT2D eigenvalue weighted by atomic mass is 32.2. The zero-order chi connectivity index (χ0) is 24.0. The lowest BCUT2D eigenvalue weighted by atomic mass is 9.44. The molecular weight excluding hydrogens is 438 g/mol. The maximum absolute atomic E-state index is 12.2. The Morgan fingerprint density at radius 3 is 2.52 bits per heavy atom. The summed E-state index contributed by atoms with van der Waals surface area (Å²) in [7, 11) is -4.05. The summed E-state index contributed by atoms with van der Waals surface area (Å²) >= 11 is 0. The molecular formula is C26H45NO5S. The molecule has 0 spiro atoms. The molecule has 4 aliphatic rings. The van der Waals surface area contributed by atoms with Crippen molar-refractivity contribution in [2.24, 2.45) is 46.3 Å². The van der Waals surface area contributed by atoms with E-state index in [1.165, 1.54) is 51.4 Å². The lowest BCUT2D eigenvalue weighted by Gasteiger charge is -2.62. The molecule has 9 atom stereocenters. The van der Waals surface area contributed by atoms with E-state index in [1.807, 2.05) is 0 Å². The van der Waals surface area contributed by atoms with Crippen LogP contribution in [0.3, 0.4) is 0 Å². The highest BCUT2D eigenvalue weighted by molar-refractivity contribution is 7.85. The van der Waals surface area contributed by atoms with Gasteiger partial charge in [0.05, 0.1) is 11.9 Å². The number of amides is 1. The molecule has 7 heteroatoms. The van der Waals surface area contributed by atoms with E-state index < -0.39 is 15.9 Å². The first-order valence-electron chi connectivity index (χ1n) is 13.4. The van der Waals surface area contributed by atoms with Crippen LogP contribution in [-0.4, -0.2) is 42.4 Å². The SMILES string of the molecule is C[C@H](CCC(=O)NCCS(=O)(=O)O)[C@H]1CC[C@@H]2C3[C@@H](CC[C@@]21C)[C@@]1(C)CCCCC1C[C@@H]3O. The van der Waals surface area contributed by atoms with E-state index in [1.54, 1.807) is 0 Å². The molecule has 4 aliphatic carbocycles. The molecule has 0 aliphatic heterocycles. The lowest BCUT2D eigenvalue weighted by molar-refractivity contribution is -0.164. The van der Waals surface area contributed by atoms with Crippen LogP contribution in [0.5, 0.6) is 0 Å². The van der Waals surface area contributed by atoms with Gasteiger partial charge in [-0.15, -0.1) is 0 Å². The van der Waals surface area contributed by atoms with Gasteiger partial charge in [-0.1, -0.05) is 33.6 Å². The van der Waals surface area contributed by atoms with Crippen LogP contribution in [-0.2, 0) is 14.9 Å². The van der Waals surface area contributed by atoms with Gasteiger partial charge in [0.2, 0.25) is 5.91 Å². The maximum atomic E-state index is 12.2. The molecule has 6 nitrogen and oxygen atoms in total. The van der Waals surface area contributed by atoms with Crippen LogP contribution in [0.25, 0.3) is 0 Å². The number of fused-ring (bicyclic) bond motifs is 5. The summed E-state index contributed by atoms with van der Waals surface area (Å²) in [6, 6.07) is 0. The minimum Gasteiger partial charge on any atom is -0.393 e. The van der Waals surface area contributed by atoms with Gasteiger partial charge >= 0.3 is 0 Å². The molecule has 3 N–H and O–H groups in total. The van der Waals surface area contributed by atoms with Crippen LogP contribution in [0, 0.1) is 46.3 Å². The van der Waals surface area contributed by atoms with Crippen molar-refractivity contribution >= 4 is 16.0 Å². The standard InChI is InChI=1S/C26H45NO5S/c1-17(7-10-23(29)27-14-15-33(30,31)32)19-8-9-20-24-21(11-13-26(19,20)3)25(2)12-5-4-6-18(25)16-22(24)28/h17-22,24,28H,4-16H2,1-3H3,(H,27,29)(H,30,31,32)/t17-,18?,19-,20-,21-,22+,24?,25+,26-/m1/s1. The third-order valence-corrected chi connectivity index (χ3v) is 11.6. The van der Waals surface area contributed by atoms with Gasteiger partial charge in [-0.25, -0.2) is 0 Å². The van der Waals surface area contributed by atoms with Crippen LogP contribution in [0.15, 0.2) is 0 Å². The lowest BCUT2D eigenvalue weighted by Crippen LogP contribution is -2.57. The van der Waals surface area contributed by atoms with Gasteiger partial charge in [0.1, 0.15) is 0 Å². The second-order valence-corrected chi connectivity index (χ2v) is 14.0. The zero-order valence-corrected chi connectivity index (χ0v) is 21.6. The van der Waals surface area contributed by atoms with Gasteiger partial charge in [0.15, 0.2) is 0 Å². The predicted molar refractivity (Wildman–Crippen MR) is 129 cm³/mol. The zero-order valence-electron chi connectivity index (χ0n) is 20.8. The molecule has 0 radical (unpaired) electrons. The number of aliphatic hydroxyl groups excluding tert-OH is 1. The van der Waals surface area contributed by atoms with Crippen molar-refractivity contribution in [2.45, 2.75) is 97.5 Å². The average Bonchev–Trinajstić information content (AvgIpc) is 3.08. The predicted octanol–water partition coefficient (Wildman–Crippen LogP) is 4.43. The molecule has 0 bridgehead atoms. The Balaban J connectivity index is 1.38. The Morgan fingerprint density at radius 1 is 1.06 bits per heavy atom. The van der Waals surface area contributed by atoms with Gasteiger partial charge in [-0.3, -0.25) is 9.35 Å². The molecule has 4 saturated carbocycles. The van der Waals surface area contributed by atoms with Gasteiger partial charge in [-0.05, 0) is 97.7 Å². The molecule has 4 fully saturated rings. The first kappa shape index (κ1) is 25.4. The van der Waals surface area contributed by atoms with E-state index in [-0.39, 0.29) is 24.0 Å². The summed E-state index contributed by atoms with van der Waals surface area (Å²) in [5.41, 5.74) is 0.647. The number of nitrogens with one attached hydrogen (secondary N) is 1. The molecule has 0 heterocycles. The molecule has 0 saturated heterocycles. The Bertz CT molecular complexity index is 831. The van der Waals surface area contributed by atoms with E-state index >= 15 is 0 Å². The van der Waals surface area contributed by atoms with E-state index in [2.05, 4.69) is 26.1 Å². The highest BCUT2D eigenvalue weighted by Crippen LogP contribution is 2.68. The molecule has 0 aromatic rings. The number of hydrogen-bond donors (Lipinski definition) is 3. The van der Waals surface area contributed by atoms with Crippen molar-refractivity contribution in [2.75, 3.05) is 12.3 Å². The monoisotopic (exact) mass is 483 g/mol. The number of aliphatic hydroxyl groups is 1. The summed E-state index contributed by atoms with van der Waals surface area (Å²) in [5.74, 6) is 2.77. The number of hydrogen-bond acceptors (Lipinski definition) is 4. The maximum Gasteiger partial charge on any atom is 0.266 e. The summed E-state index contributed by atoms with van der Waals surface area (Å²) in [5, 5.41) is 14.0.